The molecule has 5 heteroatoms. The number of amides is 1. The zero-order valence-electron chi connectivity index (χ0n) is 3.97. The molecule has 0 aliphatic rings. The predicted octanol–water partition coefficient (Wildman–Crippen LogP) is -1.22. The average molecular weight is 131 g/mol. The van der Waals surface area contributed by atoms with Crippen molar-refractivity contribution >= 4 is 28.8 Å². The molecule has 0 heterocycles. The maximum Gasteiger partial charge on any atom is 0.263 e. The van der Waals surface area contributed by atoms with Gasteiger partial charge in [0, 0.05) is 0 Å². The van der Waals surface area contributed by atoms with Crippen LogP contribution in [-0.4, -0.2) is 16.6 Å². The van der Waals surface area contributed by atoms with E-state index >= 15 is 0 Å². The Kier molecular flexibility index (Phi) is 2.08. The Morgan fingerprint density at radius 3 is 1.88 bits per heavy atom. The number of hydrogen-bond donors (Lipinski definition) is 3. The lowest BCUT2D eigenvalue weighted by Gasteiger charge is -1.90. The van der Waals surface area contributed by atoms with Gasteiger partial charge in [-0.2, -0.15) is 0 Å². The highest BCUT2D eigenvalue weighted by atomic mass is 32.1. The van der Waals surface area contributed by atoms with Crippen LogP contribution >= 0.6 is 12.2 Å². The molecule has 8 heavy (non-hydrogen) atoms. The summed E-state index contributed by atoms with van der Waals surface area (Å²) in [5.41, 5.74) is 9.41. The van der Waals surface area contributed by atoms with Crippen molar-refractivity contribution in [3.63, 3.8) is 0 Å². The van der Waals surface area contributed by atoms with Crippen LogP contribution in [0.15, 0.2) is 0 Å². The van der Waals surface area contributed by atoms with Gasteiger partial charge in [-0.15, -0.1) is 0 Å². The van der Waals surface area contributed by atoms with E-state index in [1.807, 2.05) is 0 Å². The smallest absolute Gasteiger partial charge is 0.263 e. The van der Waals surface area contributed by atoms with Gasteiger partial charge in [0.15, 0.2) is 0 Å². The maximum absolute atomic E-state index is 10.0. The van der Waals surface area contributed by atoms with Crippen LogP contribution in [0.3, 0.4) is 0 Å². The van der Waals surface area contributed by atoms with Gasteiger partial charge in [-0.25, -0.2) is 0 Å². The summed E-state index contributed by atoms with van der Waals surface area (Å²) in [5.74, 6) is -1.28. The molecule has 0 atom stereocenters. The highest BCUT2D eigenvalue weighted by Gasteiger charge is 2.04. The van der Waals surface area contributed by atoms with E-state index < -0.39 is 11.7 Å². The molecular formula is C3H5N3OS. The van der Waals surface area contributed by atoms with E-state index in [2.05, 4.69) is 18.0 Å². The summed E-state index contributed by atoms with van der Waals surface area (Å²) in [4.78, 5) is 9.69. The number of rotatable bonds is 2. The third-order valence-electron chi connectivity index (χ3n) is 0.468. The van der Waals surface area contributed by atoms with Gasteiger partial charge in [0.25, 0.3) is 5.91 Å². The predicted molar refractivity (Wildman–Crippen MR) is 33.7 cm³/mol. The fourth-order valence-corrected chi connectivity index (χ4v) is 0.133. The number of nitrogens with two attached hydrogens (primary N) is 2. The minimum atomic E-state index is -0.826. The number of carbonyl (C=O) groups is 1. The molecule has 0 saturated heterocycles. The molecule has 4 nitrogen and oxygen atoms in total. The van der Waals surface area contributed by atoms with Crippen LogP contribution in [0, 0.1) is 5.41 Å². The summed E-state index contributed by atoms with van der Waals surface area (Å²) in [6, 6.07) is 0. The number of hydrogen-bond acceptors (Lipinski definition) is 3. The molecule has 0 fully saturated rings. The van der Waals surface area contributed by atoms with Crippen LogP contribution < -0.4 is 11.5 Å². The average Bonchev–Trinajstić information content (AvgIpc) is 1.64. The van der Waals surface area contributed by atoms with E-state index in [0.29, 0.717) is 0 Å². The van der Waals surface area contributed by atoms with Gasteiger partial charge in [0.1, 0.15) is 10.7 Å². The number of nitrogens with one attached hydrogen (secondary N) is 1. The van der Waals surface area contributed by atoms with Crippen LogP contribution in [-0.2, 0) is 4.79 Å². The molecule has 5 N–H and O–H groups in total. The van der Waals surface area contributed by atoms with Crippen LogP contribution in [0.5, 0.6) is 0 Å². The molecule has 0 aromatic rings. The number of amidine groups is 1. The monoisotopic (exact) mass is 131 g/mol. The molecule has 0 aromatic carbocycles. The molecule has 44 valence electrons. The van der Waals surface area contributed by atoms with Crippen LogP contribution in [0.4, 0.5) is 0 Å². The number of thiocarbonyl (C=S) groups is 1. The fraction of sp³-hybridized carbons (Fsp3) is 0. The van der Waals surface area contributed by atoms with Gasteiger partial charge in [-0.1, -0.05) is 12.2 Å². The Morgan fingerprint density at radius 2 is 1.88 bits per heavy atom. The SMILES string of the molecule is N=C(N)C(=S)C(N)=O. The van der Waals surface area contributed by atoms with Gasteiger partial charge in [0.05, 0.1) is 0 Å². The summed E-state index contributed by atoms with van der Waals surface area (Å²) in [7, 11) is 0. The van der Waals surface area contributed by atoms with Crippen molar-refractivity contribution in [3.05, 3.63) is 0 Å². The second-order valence-electron chi connectivity index (χ2n) is 1.11. The van der Waals surface area contributed by atoms with E-state index in [-0.39, 0.29) is 4.86 Å². The molecule has 0 aliphatic heterocycles. The van der Waals surface area contributed by atoms with Gasteiger partial charge in [-0.3, -0.25) is 10.2 Å². The third kappa shape index (κ3) is 1.65. The highest BCUT2D eigenvalue weighted by Crippen LogP contribution is 1.71. The van der Waals surface area contributed by atoms with Crippen molar-refractivity contribution in [2.24, 2.45) is 11.5 Å². The first-order chi connectivity index (χ1) is 3.55. The molecule has 0 aliphatic carbocycles. The minimum Gasteiger partial charge on any atom is -0.383 e. The quantitative estimate of drug-likeness (QED) is 0.249. The summed E-state index contributed by atoms with van der Waals surface area (Å²) in [6.07, 6.45) is 0. The number of primary amides is 1. The first-order valence-electron chi connectivity index (χ1n) is 1.74. The second-order valence-corrected chi connectivity index (χ2v) is 1.52. The normalized spacial score (nSPS) is 8.00. The van der Waals surface area contributed by atoms with E-state index in [1.165, 1.54) is 0 Å². The highest BCUT2D eigenvalue weighted by molar-refractivity contribution is 7.84. The third-order valence-corrected chi connectivity index (χ3v) is 0.890. The van der Waals surface area contributed by atoms with Crippen molar-refractivity contribution < 1.29 is 4.79 Å². The first-order valence-corrected chi connectivity index (χ1v) is 2.14. The van der Waals surface area contributed by atoms with E-state index in [4.69, 9.17) is 11.1 Å². The summed E-state index contributed by atoms with van der Waals surface area (Å²) >= 11 is 4.28. The van der Waals surface area contributed by atoms with Gasteiger partial charge >= 0.3 is 0 Å². The standard InChI is InChI=1S/C3H5N3OS/c4-2(5)1(8)3(6)7/h(H3,4,5)(H2,6,7). The molecule has 0 radical (unpaired) electrons. The van der Waals surface area contributed by atoms with Gasteiger partial charge < -0.3 is 11.5 Å². The zero-order valence-corrected chi connectivity index (χ0v) is 4.79. The maximum atomic E-state index is 10.0. The largest absolute Gasteiger partial charge is 0.383 e. The van der Waals surface area contributed by atoms with Gasteiger partial charge in [-0.05, 0) is 0 Å². The Labute approximate surface area is 51.4 Å². The van der Waals surface area contributed by atoms with Crippen molar-refractivity contribution in [3.8, 4) is 0 Å². The molecule has 0 bridgehead atoms. The lowest BCUT2D eigenvalue weighted by atomic mass is 10.4. The molecular weight excluding hydrogens is 126 g/mol. The molecule has 0 rings (SSSR count). The summed E-state index contributed by atoms with van der Waals surface area (Å²) in [5, 5.41) is 6.57. The molecule has 0 spiro atoms. The summed E-state index contributed by atoms with van der Waals surface area (Å²) < 4.78 is 0. The summed E-state index contributed by atoms with van der Waals surface area (Å²) in [6.45, 7) is 0. The molecule has 1 amide bonds. The zero-order chi connectivity index (χ0) is 6.73. The Morgan fingerprint density at radius 1 is 1.50 bits per heavy atom. The lowest BCUT2D eigenvalue weighted by molar-refractivity contribution is -0.111. The van der Waals surface area contributed by atoms with E-state index in [9.17, 15) is 4.79 Å². The van der Waals surface area contributed by atoms with Crippen LogP contribution in [0.25, 0.3) is 0 Å². The number of carbonyl (C=O) groups excluding carboxylic acids is 1. The van der Waals surface area contributed by atoms with Crippen molar-refractivity contribution in [2.45, 2.75) is 0 Å². The lowest BCUT2D eigenvalue weighted by Crippen LogP contribution is -2.32. The second kappa shape index (κ2) is 2.37. The fourth-order valence-electron chi connectivity index (χ4n) is 0.133. The Hall–Kier alpha value is -0.970. The molecule has 0 unspecified atom stereocenters. The van der Waals surface area contributed by atoms with Crippen molar-refractivity contribution in [1.82, 2.24) is 0 Å². The Bertz CT molecular complexity index is 137. The molecule has 0 saturated carbocycles. The minimum absolute atomic E-state index is 0.315. The topological polar surface area (TPSA) is 93.0 Å². The van der Waals surface area contributed by atoms with E-state index in [1.54, 1.807) is 0 Å². The van der Waals surface area contributed by atoms with Crippen LogP contribution in [0.2, 0.25) is 0 Å². The van der Waals surface area contributed by atoms with Crippen molar-refractivity contribution in [2.75, 3.05) is 0 Å². The van der Waals surface area contributed by atoms with E-state index in [0.717, 1.165) is 0 Å². The van der Waals surface area contributed by atoms with Crippen LogP contribution in [0.1, 0.15) is 0 Å². The van der Waals surface area contributed by atoms with Crippen molar-refractivity contribution in [1.29, 1.82) is 5.41 Å². The first kappa shape index (κ1) is 7.03. The molecule has 0 aromatic heterocycles. The van der Waals surface area contributed by atoms with Gasteiger partial charge in [0.2, 0.25) is 0 Å². The Balaban J connectivity index is 4.05.